The third-order valence-corrected chi connectivity index (χ3v) is 4.66. The minimum absolute atomic E-state index is 0.00333. The normalized spacial score (nSPS) is 18.7. The van der Waals surface area contributed by atoms with E-state index in [2.05, 4.69) is 34.0 Å². The Hall–Kier alpha value is -1.31. The summed E-state index contributed by atoms with van der Waals surface area (Å²) in [4.78, 5) is 12.3. The largest absolute Gasteiger partial charge is 0.368 e. The second-order valence-electron chi connectivity index (χ2n) is 5.40. The smallest absolute Gasteiger partial charge is 0.255 e. The lowest BCUT2D eigenvalue weighted by atomic mass is 10.2. The van der Waals surface area contributed by atoms with Crippen molar-refractivity contribution < 1.29 is 9.26 Å². The number of thiazole rings is 1. The molecule has 6 nitrogen and oxygen atoms in total. The lowest BCUT2D eigenvalue weighted by Gasteiger charge is -2.13. The van der Waals surface area contributed by atoms with Crippen molar-refractivity contribution in [2.24, 2.45) is 0 Å². The highest BCUT2D eigenvalue weighted by atomic mass is 32.1. The van der Waals surface area contributed by atoms with Crippen LogP contribution in [0.5, 0.6) is 0 Å². The van der Waals surface area contributed by atoms with Gasteiger partial charge in [-0.15, -0.1) is 11.3 Å². The molecule has 0 saturated carbocycles. The molecule has 114 valence electrons. The van der Waals surface area contributed by atoms with Crippen molar-refractivity contribution in [1.29, 1.82) is 0 Å². The van der Waals surface area contributed by atoms with E-state index in [1.54, 1.807) is 11.3 Å². The predicted molar refractivity (Wildman–Crippen MR) is 79.1 cm³/mol. The zero-order valence-corrected chi connectivity index (χ0v) is 13.2. The summed E-state index contributed by atoms with van der Waals surface area (Å²) in [5.74, 6) is 1.35. The molecule has 0 radical (unpaired) electrons. The van der Waals surface area contributed by atoms with Gasteiger partial charge in [0.25, 0.3) is 5.89 Å². The first-order valence-corrected chi connectivity index (χ1v) is 8.12. The van der Waals surface area contributed by atoms with Crippen LogP contribution in [0.15, 0.2) is 10.0 Å². The van der Waals surface area contributed by atoms with Crippen LogP contribution >= 0.6 is 11.3 Å². The summed E-state index contributed by atoms with van der Waals surface area (Å²) in [6.07, 6.45) is 3.04. The Morgan fingerprint density at radius 2 is 2.38 bits per heavy atom. The molecule has 0 aromatic carbocycles. The Morgan fingerprint density at radius 1 is 1.48 bits per heavy atom. The highest BCUT2D eigenvalue weighted by Crippen LogP contribution is 2.27. The molecule has 0 spiro atoms. The number of hydrogen-bond donors (Lipinski definition) is 0. The quantitative estimate of drug-likeness (QED) is 0.816. The lowest BCUT2D eigenvalue weighted by Crippen LogP contribution is -2.21. The van der Waals surface area contributed by atoms with Gasteiger partial charge in [0.05, 0.1) is 17.7 Å². The van der Waals surface area contributed by atoms with E-state index in [9.17, 15) is 0 Å². The maximum atomic E-state index is 5.55. The van der Waals surface area contributed by atoms with Crippen LogP contribution in [-0.4, -0.2) is 40.2 Å². The molecule has 1 aliphatic rings. The van der Waals surface area contributed by atoms with Crippen LogP contribution in [0, 0.1) is 6.92 Å². The van der Waals surface area contributed by atoms with Gasteiger partial charge in [0, 0.05) is 18.0 Å². The first kappa shape index (κ1) is 14.6. The molecular formula is C14H20N4O2S. The number of nitrogens with zero attached hydrogens (tertiary/aromatic N) is 4. The molecule has 21 heavy (non-hydrogen) atoms. The van der Waals surface area contributed by atoms with Gasteiger partial charge in [-0.05, 0) is 33.2 Å². The van der Waals surface area contributed by atoms with Crippen LogP contribution in [0.2, 0.25) is 0 Å². The van der Waals surface area contributed by atoms with Crippen LogP contribution in [0.3, 0.4) is 0 Å². The highest BCUT2D eigenvalue weighted by Gasteiger charge is 2.24. The second-order valence-corrected chi connectivity index (χ2v) is 6.34. The number of aromatic nitrogens is 3. The molecule has 1 atom stereocenters. The van der Waals surface area contributed by atoms with E-state index in [-0.39, 0.29) is 6.10 Å². The summed E-state index contributed by atoms with van der Waals surface area (Å²) in [6.45, 7) is 4.48. The fourth-order valence-electron chi connectivity index (χ4n) is 2.41. The van der Waals surface area contributed by atoms with Gasteiger partial charge < -0.3 is 9.26 Å². The van der Waals surface area contributed by atoms with Gasteiger partial charge in [0.15, 0.2) is 5.82 Å². The van der Waals surface area contributed by atoms with Crippen LogP contribution < -0.4 is 0 Å². The van der Waals surface area contributed by atoms with Crippen LogP contribution in [0.4, 0.5) is 0 Å². The van der Waals surface area contributed by atoms with Crippen LogP contribution in [0.25, 0.3) is 0 Å². The summed E-state index contributed by atoms with van der Waals surface area (Å²) in [6, 6.07) is 0. The average Bonchev–Trinajstić information content (AvgIpc) is 3.17. The average molecular weight is 308 g/mol. The Labute approximate surface area is 128 Å². The summed E-state index contributed by atoms with van der Waals surface area (Å²) < 4.78 is 10.8. The molecule has 1 saturated heterocycles. The zero-order chi connectivity index (χ0) is 14.7. The SMILES string of the molecule is Cc1ncsc1CCN(C)Cc1noc([C@H]2CCCO2)n1. The Morgan fingerprint density at radius 3 is 3.10 bits per heavy atom. The molecule has 1 aliphatic heterocycles. The molecule has 0 bridgehead atoms. The van der Waals surface area contributed by atoms with Crippen molar-refractivity contribution >= 4 is 11.3 Å². The summed E-state index contributed by atoms with van der Waals surface area (Å²) >= 11 is 1.71. The maximum Gasteiger partial charge on any atom is 0.255 e. The van der Waals surface area contributed by atoms with E-state index in [0.717, 1.165) is 43.9 Å². The molecule has 0 amide bonds. The molecule has 0 aliphatic carbocycles. The summed E-state index contributed by atoms with van der Waals surface area (Å²) in [7, 11) is 2.07. The number of likely N-dealkylation sites (N-methyl/N-ethyl adjacent to an activating group) is 1. The second kappa shape index (κ2) is 6.64. The maximum absolute atomic E-state index is 5.55. The minimum atomic E-state index is -0.00333. The molecule has 7 heteroatoms. The van der Waals surface area contributed by atoms with Crippen LogP contribution in [-0.2, 0) is 17.7 Å². The number of rotatable bonds is 6. The van der Waals surface area contributed by atoms with Crippen molar-refractivity contribution in [3.8, 4) is 0 Å². The fraction of sp³-hybridized carbons (Fsp3) is 0.643. The molecular weight excluding hydrogens is 288 g/mol. The van der Waals surface area contributed by atoms with E-state index in [1.807, 2.05) is 5.51 Å². The number of hydrogen-bond acceptors (Lipinski definition) is 7. The number of ether oxygens (including phenoxy) is 1. The van der Waals surface area contributed by atoms with E-state index < -0.39 is 0 Å². The molecule has 2 aromatic heterocycles. The van der Waals surface area contributed by atoms with E-state index >= 15 is 0 Å². The van der Waals surface area contributed by atoms with Crippen LogP contribution in [0.1, 0.15) is 41.2 Å². The van der Waals surface area contributed by atoms with Crippen molar-refractivity contribution in [3.63, 3.8) is 0 Å². The lowest BCUT2D eigenvalue weighted by molar-refractivity contribution is 0.0835. The first-order chi connectivity index (χ1) is 10.2. The van der Waals surface area contributed by atoms with Crippen molar-refractivity contribution in [1.82, 2.24) is 20.0 Å². The van der Waals surface area contributed by atoms with E-state index in [0.29, 0.717) is 12.4 Å². The van der Waals surface area contributed by atoms with Gasteiger partial charge in [-0.1, -0.05) is 5.16 Å². The Kier molecular flexibility index (Phi) is 4.62. The molecule has 3 rings (SSSR count). The van der Waals surface area contributed by atoms with Gasteiger partial charge in [0.1, 0.15) is 6.10 Å². The van der Waals surface area contributed by atoms with E-state index in [4.69, 9.17) is 9.26 Å². The summed E-state index contributed by atoms with van der Waals surface area (Å²) in [5, 5.41) is 4.05. The van der Waals surface area contributed by atoms with Crippen molar-refractivity contribution in [2.45, 2.75) is 38.8 Å². The highest BCUT2D eigenvalue weighted by molar-refractivity contribution is 7.09. The van der Waals surface area contributed by atoms with Gasteiger partial charge in [-0.25, -0.2) is 4.98 Å². The van der Waals surface area contributed by atoms with Crippen molar-refractivity contribution in [2.75, 3.05) is 20.2 Å². The standard InChI is InChI=1S/C14H20N4O2S/c1-10-12(21-9-15-10)5-6-18(2)8-13-16-14(20-17-13)11-4-3-7-19-11/h9,11H,3-8H2,1-2H3/t11-/m1/s1. The van der Waals surface area contributed by atoms with Gasteiger partial charge >= 0.3 is 0 Å². The molecule has 0 unspecified atom stereocenters. The first-order valence-electron chi connectivity index (χ1n) is 7.24. The van der Waals surface area contributed by atoms with Gasteiger partial charge in [0.2, 0.25) is 0 Å². The molecule has 2 aromatic rings. The fourth-order valence-corrected chi connectivity index (χ4v) is 3.18. The predicted octanol–water partition coefficient (Wildman–Crippen LogP) is 2.36. The van der Waals surface area contributed by atoms with Crippen molar-refractivity contribution in [3.05, 3.63) is 27.8 Å². The third kappa shape index (κ3) is 3.66. The third-order valence-electron chi connectivity index (χ3n) is 3.67. The monoisotopic (exact) mass is 308 g/mol. The minimum Gasteiger partial charge on any atom is -0.368 e. The molecule has 1 fully saturated rings. The zero-order valence-electron chi connectivity index (χ0n) is 12.4. The Balaban J connectivity index is 1.50. The topological polar surface area (TPSA) is 64.3 Å². The number of aryl methyl sites for hydroxylation is 1. The molecule has 3 heterocycles. The summed E-state index contributed by atoms with van der Waals surface area (Å²) in [5.41, 5.74) is 3.03. The molecule has 0 N–H and O–H groups in total. The van der Waals surface area contributed by atoms with Gasteiger partial charge in [-0.2, -0.15) is 4.98 Å². The van der Waals surface area contributed by atoms with E-state index in [1.165, 1.54) is 4.88 Å². The Bertz CT molecular complexity index is 577. The van der Waals surface area contributed by atoms with Gasteiger partial charge in [-0.3, -0.25) is 4.90 Å².